The van der Waals surface area contributed by atoms with Crippen LogP contribution >= 0.6 is 11.3 Å². The summed E-state index contributed by atoms with van der Waals surface area (Å²) in [6.07, 6.45) is 5.94. The second-order valence-corrected chi connectivity index (χ2v) is 6.08. The van der Waals surface area contributed by atoms with Crippen LogP contribution in [0.5, 0.6) is 0 Å². The molecule has 0 saturated heterocycles. The average molecular weight is 221 g/mol. The van der Waals surface area contributed by atoms with E-state index in [-0.39, 0.29) is 0 Å². The lowest BCUT2D eigenvalue weighted by Crippen LogP contribution is -2.27. The third-order valence-electron chi connectivity index (χ3n) is 4.14. The Bertz CT molecular complexity index is 322. The van der Waals surface area contributed by atoms with E-state index < -0.39 is 0 Å². The van der Waals surface area contributed by atoms with Crippen molar-refractivity contribution < 1.29 is 0 Å². The van der Waals surface area contributed by atoms with Crippen LogP contribution in [0, 0.1) is 11.3 Å². The van der Waals surface area contributed by atoms with E-state index >= 15 is 0 Å². The number of rotatable bonds is 5. The standard InChI is InChI=1S/C13H19NS/c1-10(11-4-7-15-8-11)14-9-13(5-6-13)12-2-3-12/h4,7-8,10,12,14H,2-3,5-6,9H2,1H3. The van der Waals surface area contributed by atoms with Crippen molar-refractivity contribution in [2.24, 2.45) is 11.3 Å². The van der Waals surface area contributed by atoms with E-state index in [4.69, 9.17) is 0 Å². The van der Waals surface area contributed by atoms with Gasteiger partial charge in [-0.15, -0.1) is 0 Å². The van der Waals surface area contributed by atoms with E-state index in [1.54, 1.807) is 11.3 Å². The molecule has 2 aliphatic rings. The van der Waals surface area contributed by atoms with Gasteiger partial charge in [0, 0.05) is 12.6 Å². The topological polar surface area (TPSA) is 12.0 Å². The minimum atomic E-state index is 0.535. The summed E-state index contributed by atoms with van der Waals surface area (Å²) in [5.74, 6) is 1.07. The van der Waals surface area contributed by atoms with Gasteiger partial charge in [0.25, 0.3) is 0 Å². The molecule has 82 valence electrons. The molecule has 15 heavy (non-hydrogen) atoms. The SMILES string of the molecule is CC(NCC1(C2CC2)CC1)c1ccsc1. The Morgan fingerprint density at radius 2 is 2.33 bits per heavy atom. The highest BCUT2D eigenvalue weighted by Gasteiger charge is 2.53. The van der Waals surface area contributed by atoms with Crippen LogP contribution in [0.4, 0.5) is 0 Å². The summed E-state index contributed by atoms with van der Waals surface area (Å²) in [6, 6.07) is 2.77. The van der Waals surface area contributed by atoms with Crippen molar-refractivity contribution in [3.05, 3.63) is 22.4 Å². The first-order valence-electron chi connectivity index (χ1n) is 6.06. The number of hydrogen-bond acceptors (Lipinski definition) is 2. The first kappa shape index (κ1) is 9.86. The van der Waals surface area contributed by atoms with Crippen LogP contribution in [0.15, 0.2) is 16.8 Å². The zero-order chi connectivity index (χ0) is 10.3. The van der Waals surface area contributed by atoms with Crippen molar-refractivity contribution in [1.82, 2.24) is 5.32 Å². The fraction of sp³-hybridized carbons (Fsp3) is 0.692. The van der Waals surface area contributed by atoms with Gasteiger partial charge in [-0.05, 0) is 66.3 Å². The fourth-order valence-corrected chi connectivity index (χ4v) is 3.34. The molecule has 1 unspecified atom stereocenters. The number of hydrogen-bond donors (Lipinski definition) is 1. The van der Waals surface area contributed by atoms with E-state index in [1.165, 1.54) is 37.8 Å². The van der Waals surface area contributed by atoms with Gasteiger partial charge < -0.3 is 5.32 Å². The molecular weight excluding hydrogens is 202 g/mol. The van der Waals surface area contributed by atoms with Crippen LogP contribution in [0.2, 0.25) is 0 Å². The lowest BCUT2D eigenvalue weighted by Gasteiger charge is -2.19. The summed E-state index contributed by atoms with van der Waals surface area (Å²) in [6.45, 7) is 3.53. The molecule has 0 radical (unpaired) electrons. The van der Waals surface area contributed by atoms with Gasteiger partial charge in [0.2, 0.25) is 0 Å². The molecule has 0 spiro atoms. The van der Waals surface area contributed by atoms with Crippen molar-refractivity contribution in [2.75, 3.05) is 6.54 Å². The Kier molecular flexibility index (Phi) is 2.37. The zero-order valence-corrected chi connectivity index (χ0v) is 10.1. The van der Waals surface area contributed by atoms with E-state index in [9.17, 15) is 0 Å². The molecule has 1 aromatic rings. The normalized spacial score (nSPS) is 25.1. The van der Waals surface area contributed by atoms with Crippen molar-refractivity contribution in [1.29, 1.82) is 0 Å². The zero-order valence-electron chi connectivity index (χ0n) is 9.33. The maximum absolute atomic E-state index is 3.72. The van der Waals surface area contributed by atoms with Crippen LogP contribution in [0.1, 0.15) is 44.2 Å². The maximum Gasteiger partial charge on any atom is 0.0300 e. The van der Waals surface area contributed by atoms with E-state index in [2.05, 4.69) is 29.1 Å². The Hall–Kier alpha value is -0.340. The van der Waals surface area contributed by atoms with E-state index in [0.717, 1.165) is 11.3 Å². The van der Waals surface area contributed by atoms with Crippen LogP contribution in [-0.4, -0.2) is 6.54 Å². The van der Waals surface area contributed by atoms with Crippen molar-refractivity contribution in [3.63, 3.8) is 0 Å². The van der Waals surface area contributed by atoms with Gasteiger partial charge in [0.05, 0.1) is 0 Å². The van der Waals surface area contributed by atoms with Crippen molar-refractivity contribution >= 4 is 11.3 Å². The molecule has 0 aliphatic heterocycles. The van der Waals surface area contributed by atoms with Crippen LogP contribution < -0.4 is 5.32 Å². The molecule has 1 atom stereocenters. The molecule has 0 amide bonds. The minimum absolute atomic E-state index is 0.535. The summed E-state index contributed by atoms with van der Waals surface area (Å²) in [7, 11) is 0. The second-order valence-electron chi connectivity index (χ2n) is 5.30. The molecule has 1 heterocycles. The Balaban J connectivity index is 1.53. The van der Waals surface area contributed by atoms with Gasteiger partial charge in [0.15, 0.2) is 0 Å². The average Bonchev–Trinajstić information content (AvgIpc) is 3.14. The Morgan fingerprint density at radius 3 is 2.87 bits per heavy atom. The summed E-state index contributed by atoms with van der Waals surface area (Å²) >= 11 is 1.80. The first-order valence-corrected chi connectivity index (χ1v) is 7.00. The number of thiophene rings is 1. The van der Waals surface area contributed by atoms with Gasteiger partial charge in [-0.1, -0.05) is 0 Å². The summed E-state index contributed by atoms with van der Waals surface area (Å²) in [5.41, 5.74) is 2.18. The van der Waals surface area contributed by atoms with Crippen molar-refractivity contribution in [3.8, 4) is 0 Å². The fourth-order valence-electron chi connectivity index (χ4n) is 2.58. The highest BCUT2D eigenvalue weighted by atomic mass is 32.1. The third kappa shape index (κ3) is 1.98. The quantitative estimate of drug-likeness (QED) is 0.801. The van der Waals surface area contributed by atoms with Gasteiger partial charge in [-0.3, -0.25) is 0 Å². The minimum Gasteiger partial charge on any atom is -0.310 e. The largest absolute Gasteiger partial charge is 0.310 e. The molecule has 1 N–H and O–H groups in total. The van der Waals surface area contributed by atoms with Gasteiger partial charge in [-0.2, -0.15) is 11.3 Å². The molecule has 1 aromatic heterocycles. The molecule has 0 bridgehead atoms. The molecule has 2 aliphatic carbocycles. The van der Waals surface area contributed by atoms with Gasteiger partial charge in [-0.25, -0.2) is 0 Å². The van der Waals surface area contributed by atoms with Crippen LogP contribution in [0.25, 0.3) is 0 Å². The lowest BCUT2D eigenvalue weighted by atomic mass is 10.00. The second kappa shape index (κ2) is 3.60. The molecule has 1 nitrogen and oxygen atoms in total. The molecule has 2 heteroatoms. The predicted octanol–water partition coefficient (Wildman–Crippen LogP) is 3.59. The Labute approximate surface area is 95.9 Å². The van der Waals surface area contributed by atoms with Gasteiger partial charge >= 0.3 is 0 Å². The van der Waals surface area contributed by atoms with Crippen molar-refractivity contribution in [2.45, 2.75) is 38.6 Å². The molecule has 2 fully saturated rings. The summed E-state index contributed by atoms with van der Waals surface area (Å²) in [5, 5.41) is 8.14. The van der Waals surface area contributed by atoms with E-state index in [1.807, 2.05) is 0 Å². The molecule has 2 saturated carbocycles. The summed E-state index contributed by atoms with van der Waals surface area (Å²) in [4.78, 5) is 0. The number of nitrogens with one attached hydrogen (secondary N) is 1. The molecule has 0 aromatic carbocycles. The van der Waals surface area contributed by atoms with E-state index in [0.29, 0.717) is 6.04 Å². The third-order valence-corrected chi connectivity index (χ3v) is 4.84. The smallest absolute Gasteiger partial charge is 0.0300 e. The van der Waals surface area contributed by atoms with Crippen LogP contribution in [0.3, 0.4) is 0 Å². The first-order chi connectivity index (χ1) is 7.30. The molecule has 3 rings (SSSR count). The van der Waals surface area contributed by atoms with Crippen LogP contribution in [-0.2, 0) is 0 Å². The highest BCUT2D eigenvalue weighted by Crippen LogP contribution is 2.60. The highest BCUT2D eigenvalue weighted by molar-refractivity contribution is 7.07. The Morgan fingerprint density at radius 1 is 1.53 bits per heavy atom. The molecular formula is C13H19NS. The van der Waals surface area contributed by atoms with Gasteiger partial charge in [0.1, 0.15) is 0 Å². The predicted molar refractivity (Wildman–Crippen MR) is 65.1 cm³/mol. The summed E-state index contributed by atoms with van der Waals surface area (Å²) < 4.78 is 0. The monoisotopic (exact) mass is 221 g/mol. The maximum atomic E-state index is 3.72. The lowest BCUT2D eigenvalue weighted by molar-refractivity contribution is 0.382.